The Bertz CT molecular complexity index is 323. The van der Waals surface area contributed by atoms with Crippen molar-refractivity contribution < 1.29 is 9.47 Å². The molecule has 0 aliphatic heterocycles. The average molecular weight is 238 g/mol. The maximum Gasteiger partial charge on any atom is 0.125 e. The topological polar surface area (TPSA) is 43.4 Å². The lowest BCUT2D eigenvalue weighted by molar-refractivity contribution is -0.0124. The summed E-state index contributed by atoms with van der Waals surface area (Å²) in [5, 5.41) is 2.98. The number of hydrogen-bond donors (Lipinski definition) is 1. The van der Waals surface area contributed by atoms with Gasteiger partial charge >= 0.3 is 0 Å². The summed E-state index contributed by atoms with van der Waals surface area (Å²) in [6.45, 7) is 5.39. The van der Waals surface area contributed by atoms with Crippen molar-refractivity contribution in [1.82, 2.24) is 4.98 Å². The Balaban J connectivity index is 2.26. The van der Waals surface area contributed by atoms with E-state index in [9.17, 15) is 0 Å². The second-order valence-corrected chi connectivity index (χ2v) is 4.57. The van der Waals surface area contributed by atoms with Crippen molar-refractivity contribution in [3.05, 3.63) is 23.9 Å². The molecule has 0 radical (unpaired) electrons. The summed E-state index contributed by atoms with van der Waals surface area (Å²) in [6, 6.07) is 3.96. The largest absolute Gasteiger partial charge is 0.379 e. The Hall–Kier alpha value is -1.13. The lowest BCUT2D eigenvalue weighted by atomic mass is 10.1. The molecule has 0 aliphatic carbocycles. The number of rotatable bonds is 7. The Morgan fingerprint density at radius 2 is 2.12 bits per heavy atom. The van der Waals surface area contributed by atoms with Gasteiger partial charge in [-0.2, -0.15) is 0 Å². The molecule has 4 nitrogen and oxygen atoms in total. The minimum atomic E-state index is -0.117. The Kier molecular flexibility index (Phi) is 5.38. The first-order valence-corrected chi connectivity index (χ1v) is 5.83. The van der Waals surface area contributed by atoms with E-state index in [1.165, 1.54) is 0 Å². The standard InChI is InChI=1S/C13H22N2O2/c1-13(2,16-4)7-8-17-10-11-5-6-12(14-3)15-9-11/h5-6,9H,7-8,10H2,1-4H3,(H,14,15). The third-order valence-corrected chi connectivity index (χ3v) is 2.75. The number of anilines is 1. The molecule has 0 bridgehead atoms. The summed E-state index contributed by atoms with van der Waals surface area (Å²) >= 11 is 0. The van der Waals surface area contributed by atoms with E-state index in [0.29, 0.717) is 13.2 Å². The van der Waals surface area contributed by atoms with E-state index < -0.39 is 0 Å². The van der Waals surface area contributed by atoms with Gasteiger partial charge in [0.15, 0.2) is 0 Å². The van der Waals surface area contributed by atoms with Gasteiger partial charge in [-0.05, 0) is 31.9 Å². The van der Waals surface area contributed by atoms with Crippen LogP contribution in [0.15, 0.2) is 18.3 Å². The molecule has 0 fully saturated rings. The molecule has 0 saturated carbocycles. The molecular weight excluding hydrogens is 216 g/mol. The molecule has 1 N–H and O–H groups in total. The highest BCUT2D eigenvalue weighted by atomic mass is 16.5. The van der Waals surface area contributed by atoms with Gasteiger partial charge in [0.25, 0.3) is 0 Å². The first-order chi connectivity index (χ1) is 8.07. The fourth-order valence-electron chi connectivity index (χ4n) is 1.27. The molecule has 96 valence electrons. The Labute approximate surface area is 103 Å². The molecule has 1 aromatic heterocycles. The van der Waals surface area contributed by atoms with E-state index in [-0.39, 0.29) is 5.60 Å². The molecule has 0 aliphatic rings. The van der Waals surface area contributed by atoms with Gasteiger partial charge in [0.1, 0.15) is 5.82 Å². The van der Waals surface area contributed by atoms with Gasteiger partial charge in [-0.1, -0.05) is 6.07 Å². The molecule has 0 saturated heterocycles. The van der Waals surface area contributed by atoms with Crippen molar-refractivity contribution in [3.8, 4) is 0 Å². The number of pyridine rings is 1. The maximum absolute atomic E-state index is 5.59. The van der Waals surface area contributed by atoms with Crippen LogP contribution in [0.25, 0.3) is 0 Å². The molecule has 17 heavy (non-hydrogen) atoms. The number of ether oxygens (including phenoxy) is 2. The molecule has 0 unspecified atom stereocenters. The van der Waals surface area contributed by atoms with Crippen molar-refractivity contribution in [2.45, 2.75) is 32.5 Å². The van der Waals surface area contributed by atoms with Crippen molar-refractivity contribution in [2.24, 2.45) is 0 Å². The van der Waals surface area contributed by atoms with Gasteiger partial charge in [-0.15, -0.1) is 0 Å². The normalized spacial score (nSPS) is 11.5. The van der Waals surface area contributed by atoms with Crippen LogP contribution in [0, 0.1) is 0 Å². The third kappa shape index (κ3) is 5.15. The molecule has 1 rings (SSSR count). The Morgan fingerprint density at radius 1 is 1.35 bits per heavy atom. The minimum absolute atomic E-state index is 0.117. The van der Waals surface area contributed by atoms with E-state index in [4.69, 9.17) is 9.47 Å². The number of aromatic nitrogens is 1. The van der Waals surface area contributed by atoms with Crippen LogP contribution in [0.5, 0.6) is 0 Å². The lowest BCUT2D eigenvalue weighted by Crippen LogP contribution is -2.24. The number of hydrogen-bond acceptors (Lipinski definition) is 4. The highest BCUT2D eigenvalue weighted by Gasteiger charge is 2.15. The number of nitrogens with zero attached hydrogens (tertiary/aromatic N) is 1. The van der Waals surface area contributed by atoms with Crippen LogP contribution < -0.4 is 5.32 Å². The maximum atomic E-state index is 5.59. The molecule has 0 atom stereocenters. The predicted octanol–water partition coefficient (Wildman–Crippen LogP) is 2.46. The summed E-state index contributed by atoms with van der Waals surface area (Å²) in [5.41, 5.74) is 0.966. The summed E-state index contributed by atoms with van der Waals surface area (Å²) < 4.78 is 10.9. The van der Waals surface area contributed by atoms with Gasteiger partial charge < -0.3 is 14.8 Å². The molecule has 0 amide bonds. The van der Waals surface area contributed by atoms with Gasteiger partial charge in [0, 0.05) is 27.0 Å². The van der Waals surface area contributed by atoms with Crippen LogP contribution in [0.4, 0.5) is 5.82 Å². The summed E-state index contributed by atoms with van der Waals surface area (Å²) in [7, 11) is 3.58. The zero-order valence-electron chi connectivity index (χ0n) is 11.1. The van der Waals surface area contributed by atoms with Crippen LogP contribution >= 0.6 is 0 Å². The zero-order valence-corrected chi connectivity index (χ0v) is 11.1. The van der Waals surface area contributed by atoms with Crippen LogP contribution in [-0.2, 0) is 16.1 Å². The predicted molar refractivity (Wildman–Crippen MR) is 69.1 cm³/mol. The highest BCUT2D eigenvalue weighted by Crippen LogP contribution is 2.13. The molecule has 1 aromatic rings. The van der Waals surface area contributed by atoms with E-state index in [2.05, 4.69) is 24.1 Å². The van der Waals surface area contributed by atoms with Crippen LogP contribution in [-0.4, -0.2) is 31.3 Å². The summed E-state index contributed by atoms with van der Waals surface area (Å²) in [4.78, 5) is 4.23. The SMILES string of the molecule is CNc1ccc(COCCC(C)(C)OC)cn1. The van der Waals surface area contributed by atoms with Gasteiger partial charge in [0.05, 0.1) is 12.2 Å². The van der Waals surface area contributed by atoms with Crippen molar-refractivity contribution in [3.63, 3.8) is 0 Å². The van der Waals surface area contributed by atoms with Crippen molar-refractivity contribution >= 4 is 5.82 Å². The van der Waals surface area contributed by atoms with E-state index >= 15 is 0 Å². The van der Waals surface area contributed by atoms with Crippen molar-refractivity contribution in [1.29, 1.82) is 0 Å². The first-order valence-electron chi connectivity index (χ1n) is 5.83. The van der Waals surface area contributed by atoms with Crippen LogP contribution in [0.1, 0.15) is 25.8 Å². The van der Waals surface area contributed by atoms with E-state index in [0.717, 1.165) is 17.8 Å². The van der Waals surface area contributed by atoms with Crippen molar-refractivity contribution in [2.75, 3.05) is 26.1 Å². The van der Waals surface area contributed by atoms with Crippen LogP contribution in [0.3, 0.4) is 0 Å². The number of nitrogens with one attached hydrogen (secondary N) is 1. The fourth-order valence-corrected chi connectivity index (χ4v) is 1.27. The molecular formula is C13H22N2O2. The zero-order chi connectivity index (χ0) is 12.7. The van der Waals surface area contributed by atoms with Gasteiger partial charge in [-0.3, -0.25) is 0 Å². The quantitative estimate of drug-likeness (QED) is 0.741. The van der Waals surface area contributed by atoms with E-state index in [1.807, 2.05) is 25.4 Å². The highest BCUT2D eigenvalue weighted by molar-refractivity contribution is 5.34. The van der Waals surface area contributed by atoms with E-state index in [1.54, 1.807) is 7.11 Å². The number of methoxy groups -OCH3 is 1. The molecule has 4 heteroatoms. The fraction of sp³-hybridized carbons (Fsp3) is 0.615. The first kappa shape index (κ1) is 13.9. The second-order valence-electron chi connectivity index (χ2n) is 4.57. The Morgan fingerprint density at radius 3 is 2.65 bits per heavy atom. The second kappa shape index (κ2) is 6.57. The lowest BCUT2D eigenvalue weighted by Gasteiger charge is -2.22. The average Bonchev–Trinajstić information content (AvgIpc) is 2.35. The van der Waals surface area contributed by atoms with Gasteiger partial charge in [-0.25, -0.2) is 4.98 Å². The summed E-state index contributed by atoms with van der Waals surface area (Å²) in [6.07, 6.45) is 2.71. The monoisotopic (exact) mass is 238 g/mol. The third-order valence-electron chi connectivity index (χ3n) is 2.75. The molecule has 0 aromatic carbocycles. The smallest absolute Gasteiger partial charge is 0.125 e. The summed E-state index contributed by atoms with van der Waals surface area (Å²) in [5.74, 6) is 0.870. The molecule has 1 heterocycles. The molecule has 0 spiro atoms. The van der Waals surface area contributed by atoms with Gasteiger partial charge in [0.2, 0.25) is 0 Å². The minimum Gasteiger partial charge on any atom is -0.379 e. The van der Waals surface area contributed by atoms with Crippen LogP contribution in [0.2, 0.25) is 0 Å².